The number of allylic oxidation sites excluding steroid dienone is 1. The number of esters is 1. The van der Waals surface area contributed by atoms with Crippen LogP contribution in [0.2, 0.25) is 0 Å². The third kappa shape index (κ3) is 5.79. The van der Waals surface area contributed by atoms with Crippen molar-refractivity contribution in [2.24, 2.45) is 17.8 Å². The van der Waals surface area contributed by atoms with Crippen LogP contribution in [-0.4, -0.2) is 77.2 Å². The van der Waals surface area contributed by atoms with Crippen LogP contribution in [0.3, 0.4) is 0 Å². The lowest BCUT2D eigenvalue weighted by Gasteiger charge is -2.40. The van der Waals surface area contributed by atoms with E-state index in [1.54, 1.807) is 11.0 Å². The molecule has 2 aromatic carbocycles. The van der Waals surface area contributed by atoms with E-state index in [0.29, 0.717) is 22.2 Å². The Balaban J connectivity index is 1.51. The van der Waals surface area contributed by atoms with E-state index in [0.717, 1.165) is 11.1 Å². The standard InChI is InChI=1S/C37H42BrN3O7/c1-21(2)26(20-42)41-33-35(45)40(31-22(3)12-11-13-23(31)4)17-10-6-9-16-28(43)39-19-27(24-14-7-5-8-15-24)47-36(46)29-30(34(41)44)37(33)18-25(38)32(29)48-37/h5-8,10-15,18,21,26-27,29-30,32-33,42H,9,16-17,19-20H2,1-4H3,(H,39,43)/b10-6-/t26-,27+,29+,30-,32+,33+,37-/m0/s1. The summed E-state index contributed by atoms with van der Waals surface area (Å²) in [7, 11) is 0. The molecule has 6 rings (SSSR count). The molecule has 3 amide bonds. The lowest BCUT2D eigenvalue weighted by atomic mass is 9.74. The van der Waals surface area contributed by atoms with Crippen LogP contribution in [0, 0.1) is 31.6 Å². The van der Waals surface area contributed by atoms with Gasteiger partial charge in [-0.3, -0.25) is 19.2 Å². The van der Waals surface area contributed by atoms with Crippen LogP contribution in [0.5, 0.6) is 0 Å². The van der Waals surface area contributed by atoms with Gasteiger partial charge < -0.3 is 29.7 Å². The molecule has 4 heterocycles. The van der Waals surface area contributed by atoms with Gasteiger partial charge in [0.25, 0.3) is 5.91 Å². The van der Waals surface area contributed by atoms with E-state index in [2.05, 4.69) is 21.2 Å². The van der Waals surface area contributed by atoms with Crippen LogP contribution in [-0.2, 0) is 28.7 Å². The minimum absolute atomic E-state index is 0.0464. The number of aliphatic hydroxyl groups excluding tert-OH is 1. The van der Waals surface area contributed by atoms with Crippen molar-refractivity contribution >= 4 is 45.3 Å². The molecule has 11 heteroatoms. The number of hydrogen-bond donors (Lipinski definition) is 2. The summed E-state index contributed by atoms with van der Waals surface area (Å²) in [5.74, 6) is -4.05. The number of nitrogens with zero attached hydrogens (tertiary/aromatic N) is 2. The van der Waals surface area contributed by atoms with Gasteiger partial charge in [0.05, 0.1) is 25.1 Å². The summed E-state index contributed by atoms with van der Waals surface area (Å²) in [6.45, 7) is 7.48. The zero-order valence-corrected chi connectivity index (χ0v) is 29.2. The average molecular weight is 721 g/mol. The lowest BCUT2D eigenvalue weighted by molar-refractivity contribution is -0.160. The molecule has 0 unspecified atom stereocenters. The molecule has 0 aliphatic carbocycles. The van der Waals surface area contributed by atoms with Crippen molar-refractivity contribution in [1.29, 1.82) is 0 Å². The number of rotatable bonds is 5. The SMILES string of the molecule is Cc1cccc(C)c1N1C/C=C\CCC(=O)NC[C@H](c2ccccc2)OC(=O)[C@H]2[C@@H]3O[C@@]4(C=C3Br)[C@@H]2C(=O)N([C@@H](CO)C(C)C)[C@@H]4C1=O. The van der Waals surface area contributed by atoms with Crippen molar-refractivity contribution < 1.29 is 33.8 Å². The van der Waals surface area contributed by atoms with Crippen molar-refractivity contribution in [3.63, 3.8) is 0 Å². The van der Waals surface area contributed by atoms with Gasteiger partial charge in [0.1, 0.15) is 29.8 Å². The number of carbonyl (C=O) groups excluding carboxylic acids is 4. The largest absolute Gasteiger partial charge is 0.455 e. The number of anilines is 1. The molecule has 4 aliphatic heterocycles. The number of ether oxygens (including phenoxy) is 2. The molecule has 7 atom stereocenters. The Kier molecular flexibility index (Phi) is 9.66. The Hall–Kier alpha value is -3.80. The molecule has 1 spiro atoms. The van der Waals surface area contributed by atoms with Crippen molar-refractivity contribution in [1.82, 2.24) is 10.2 Å². The predicted octanol–water partition coefficient (Wildman–Crippen LogP) is 4.28. The number of para-hydroxylation sites is 1. The minimum Gasteiger partial charge on any atom is -0.455 e. The van der Waals surface area contributed by atoms with Gasteiger partial charge in [-0.05, 0) is 49.0 Å². The fourth-order valence-corrected chi connectivity index (χ4v) is 8.51. The van der Waals surface area contributed by atoms with Crippen LogP contribution in [0.25, 0.3) is 0 Å². The number of carbonyl (C=O) groups is 4. The molecule has 10 nitrogen and oxygen atoms in total. The molecule has 5 bridgehead atoms. The third-order valence-electron chi connectivity index (χ3n) is 10.1. The predicted molar refractivity (Wildman–Crippen MR) is 183 cm³/mol. The molecule has 2 aromatic rings. The second-order valence-corrected chi connectivity index (χ2v) is 14.3. The number of aliphatic hydroxyl groups is 1. The fraction of sp³-hybridized carbons (Fsp3) is 0.459. The number of aryl methyl sites for hydroxylation is 2. The quantitative estimate of drug-likeness (QED) is 0.349. The van der Waals surface area contributed by atoms with Gasteiger partial charge >= 0.3 is 5.97 Å². The van der Waals surface area contributed by atoms with E-state index in [9.17, 15) is 19.5 Å². The number of likely N-dealkylation sites (tertiary alicyclic amines) is 1. The second kappa shape index (κ2) is 13.6. The number of benzene rings is 2. The zero-order chi connectivity index (χ0) is 34.3. The number of amides is 3. The summed E-state index contributed by atoms with van der Waals surface area (Å²) < 4.78 is 13.4. The molecule has 2 saturated heterocycles. The van der Waals surface area contributed by atoms with Gasteiger partial charge in [0, 0.05) is 23.1 Å². The van der Waals surface area contributed by atoms with E-state index in [-0.39, 0.29) is 43.8 Å². The fourth-order valence-electron chi connectivity index (χ4n) is 7.77. The summed E-state index contributed by atoms with van der Waals surface area (Å²) in [5, 5.41) is 13.6. The number of fused-ring (bicyclic) bond motifs is 2. The highest BCUT2D eigenvalue weighted by molar-refractivity contribution is 9.11. The highest BCUT2D eigenvalue weighted by Crippen LogP contribution is 2.59. The molecule has 4 aliphatic rings. The Morgan fingerprint density at radius 2 is 1.71 bits per heavy atom. The van der Waals surface area contributed by atoms with E-state index in [1.165, 1.54) is 4.90 Å². The molecule has 254 valence electrons. The topological polar surface area (TPSA) is 125 Å². The normalized spacial score (nSPS) is 30.6. The van der Waals surface area contributed by atoms with Crippen LogP contribution >= 0.6 is 15.9 Å². The monoisotopic (exact) mass is 719 g/mol. The van der Waals surface area contributed by atoms with Gasteiger partial charge in [-0.2, -0.15) is 0 Å². The highest BCUT2D eigenvalue weighted by atomic mass is 79.9. The van der Waals surface area contributed by atoms with Crippen LogP contribution in [0.15, 0.2) is 71.2 Å². The number of cyclic esters (lactones) is 1. The molecular weight excluding hydrogens is 678 g/mol. The van der Waals surface area contributed by atoms with Gasteiger partial charge in [-0.25, -0.2) is 0 Å². The van der Waals surface area contributed by atoms with Crippen LogP contribution < -0.4 is 10.2 Å². The van der Waals surface area contributed by atoms with Crippen molar-refractivity contribution in [3.8, 4) is 0 Å². The van der Waals surface area contributed by atoms with Crippen molar-refractivity contribution in [2.45, 2.75) is 70.4 Å². The Labute approximate surface area is 289 Å². The maximum atomic E-state index is 15.2. The Bertz CT molecular complexity index is 1640. The van der Waals surface area contributed by atoms with Gasteiger partial charge in [0.15, 0.2) is 0 Å². The summed E-state index contributed by atoms with van der Waals surface area (Å²) in [5.41, 5.74) is 1.64. The summed E-state index contributed by atoms with van der Waals surface area (Å²) in [6.07, 6.45) is 4.46. The third-order valence-corrected chi connectivity index (χ3v) is 10.7. The molecule has 0 radical (unpaired) electrons. The summed E-state index contributed by atoms with van der Waals surface area (Å²) in [6, 6.07) is 13.0. The summed E-state index contributed by atoms with van der Waals surface area (Å²) >= 11 is 3.61. The molecular formula is C37H42BrN3O7. The first-order valence-corrected chi connectivity index (χ1v) is 17.3. The Morgan fingerprint density at radius 3 is 2.38 bits per heavy atom. The van der Waals surface area contributed by atoms with Gasteiger partial charge in [-0.1, -0.05) is 90.5 Å². The Morgan fingerprint density at radius 1 is 1.00 bits per heavy atom. The van der Waals surface area contributed by atoms with Crippen molar-refractivity contribution in [2.75, 3.05) is 24.6 Å². The molecule has 0 aromatic heterocycles. The maximum Gasteiger partial charge on any atom is 0.313 e. The van der Waals surface area contributed by atoms with E-state index >= 15 is 4.79 Å². The minimum atomic E-state index is -1.49. The van der Waals surface area contributed by atoms with E-state index in [4.69, 9.17) is 9.47 Å². The average Bonchev–Trinajstić information content (AvgIpc) is 3.65. The number of hydrogen-bond acceptors (Lipinski definition) is 7. The van der Waals surface area contributed by atoms with E-state index < -0.39 is 53.6 Å². The van der Waals surface area contributed by atoms with Crippen LogP contribution in [0.4, 0.5) is 5.69 Å². The zero-order valence-electron chi connectivity index (χ0n) is 27.6. The molecule has 2 fully saturated rings. The highest BCUT2D eigenvalue weighted by Gasteiger charge is 2.75. The summed E-state index contributed by atoms with van der Waals surface area (Å²) in [4.78, 5) is 60.2. The molecule has 48 heavy (non-hydrogen) atoms. The molecule has 0 saturated carbocycles. The van der Waals surface area contributed by atoms with Crippen molar-refractivity contribution in [3.05, 3.63) is 87.9 Å². The van der Waals surface area contributed by atoms with Gasteiger partial charge in [-0.15, -0.1) is 0 Å². The lowest BCUT2D eigenvalue weighted by Crippen LogP contribution is -2.59. The van der Waals surface area contributed by atoms with Gasteiger partial charge in [0.2, 0.25) is 11.8 Å². The number of nitrogens with one attached hydrogen (secondary N) is 1. The number of halogens is 1. The van der Waals surface area contributed by atoms with Crippen LogP contribution in [0.1, 0.15) is 49.5 Å². The smallest absolute Gasteiger partial charge is 0.313 e. The maximum absolute atomic E-state index is 15.2. The molecule has 2 N–H and O–H groups in total. The first-order valence-electron chi connectivity index (χ1n) is 16.5. The second-order valence-electron chi connectivity index (χ2n) is 13.4. The van der Waals surface area contributed by atoms with E-state index in [1.807, 2.05) is 88.4 Å². The first-order chi connectivity index (χ1) is 23.0. The first kappa shape index (κ1) is 34.1.